The third-order valence-electron chi connectivity index (χ3n) is 3.22. The molecule has 3 nitrogen and oxygen atoms in total. The first-order chi connectivity index (χ1) is 8.67. The van der Waals surface area contributed by atoms with Gasteiger partial charge in [0.25, 0.3) is 5.56 Å². The summed E-state index contributed by atoms with van der Waals surface area (Å²) >= 11 is 0. The number of hydrogen-bond donors (Lipinski definition) is 1. The second-order valence-electron chi connectivity index (χ2n) is 4.65. The largest absolute Gasteiger partial charge is 0.295 e. The summed E-state index contributed by atoms with van der Waals surface area (Å²) in [6.07, 6.45) is 2.70. The van der Waals surface area contributed by atoms with Gasteiger partial charge < -0.3 is 0 Å². The zero-order chi connectivity index (χ0) is 13.1. The Bertz CT molecular complexity index is 576. The Morgan fingerprint density at radius 2 is 1.83 bits per heavy atom. The lowest BCUT2D eigenvalue weighted by Crippen LogP contribution is -2.17. The zero-order valence-electron chi connectivity index (χ0n) is 11.3. The van der Waals surface area contributed by atoms with Crippen LogP contribution >= 0.6 is 0 Å². The number of H-pyrrole nitrogens is 1. The summed E-state index contributed by atoms with van der Waals surface area (Å²) < 4.78 is 1.66. The van der Waals surface area contributed by atoms with Gasteiger partial charge >= 0.3 is 0 Å². The van der Waals surface area contributed by atoms with Crippen molar-refractivity contribution in [2.45, 2.75) is 40.0 Å². The van der Waals surface area contributed by atoms with Crippen LogP contribution in [0.25, 0.3) is 5.69 Å². The van der Waals surface area contributed by atoms with Gasteiger partial charge in [0.05, 0.1) is 5.69 Å². The van der Waals surface area contributed by atoms with Gasteiger partial charge in [0.2, 0.25) is 0 Å². The Kier molecular flexibility index (Phi) is 3.70. The molecule has 2 aromatic rings. The van der Waals surface area contributed by atoms with Gasteiger partial charge in [0.1, 0.15) is 0 Å². The van der Waals surface area contributed by atoms with Crippen molar-refractivity contribution < 1.29 is 0 Å². The number of aromatic amines is 1. The molecule has 96 valence electrons. The number of hydrogen-bond acceptors (Lipinski definition) is 1. The van der Waals surface area contributed by atoms with E-state index < -0.39 is 0 Å². The number of nitrogens with zero attached hydrogens (tertiary/aromatic N) is 1. The van der Waals surface area contributed by atoms with E-state index in [0.717, 1.165) is 36.2 Å². The van der Waals surface area contributed by atoms with E-state index in [4.69, 9.17) is 0 Å². The topological polar surface area (TPSA) is 37.8 Å². The lowest BCUT2D eigenvalue weighted by molar-refractivity contribution is 0.819. The molecule has 0 aliphatic rings. The van der Waals surface area contributed by atoms with Gasteiger partial charge in [-0.3, -0.25) is 9.89 Å². The summed E-state index contributed by atoms with van der Waals surface area (Å²) in [5, 5.41) is 3.22. The van der Waals surface area contributed by atoms with Gasteiger partial charge in [0, 0.05) is 11.3 Å². The maximum atomic E-state index is 12.4. The summed E-state index contributed by atoms with van der Waals surface area (Å²) in [7, 11) is 0. The molecule has 0 unspecified atom stereocenters. The Balaban J connectivity index is 2.52. The molecule has 1 N–H and O–H groups in total. The van der Waals surface area contributed by atoms with E-state index in [1.54, 1.807) is 4.68 Å². The number of aryl methyl sites for hydroxylation is 2. The maximum Gasteiger partial charge on any atom is 0.274 e. The van der Waals surface area contributed by atoms with Gasteiger partial charge in [-0.05, 0) is 31.9 Å². The third kappa shape index (κ3) is 2.26. The van der Waals surface area contributed by atoms with Crippen molar-refractivity contribution in [3.63, 3.8) is 0 Å². The summed E-state index contributed by atoms with van der Waals surface area (Å²) in [6.45, 7) is 6.22. The minimum atomic E-state index is 0.0950. The van der Waals surface area contributed by atoms with Crippen LogP contribution in [0, 0.1) is 6.92 Å². The fraction of sp³-hybridized carbons (Fsp3) is 0.400. The molecule has 18 heavy (non-hydrogen) atoms. The lowest BCUT2D eigenvalue weighted by Gasteiger charge is -2.01. The monoisotopic (exact) mass is 244 g/mol. The Morgan fingerprint density at radius 1 is 1.17 bits per heavy atom. The average molecular weight is 244 g/mol. The molecule has 1 aromatic carbocycles. The average Bonchev–Trinajstić information content (AvgIpc) is 2.69. The van der Waals surface area contributed by atoms with Crippen LogP contribution in [0.3, 0.4) is 0 Å². The van der Waals surface area contributed by atoms with E-state index in [2.05, 4.69) is 18.9 Å². The van der Waals surface area contributed by atoms with Gasteiger partial charge in [-0.2, -0.15) is 0 Å². The molecule has 0 aliphatic heterocycles. The number of rotatable bonds is 4. The van der Waals surface area contributed by atoms with Crippen LogP contribution in [0.4, 0.5) is 0 Å². The minimum absolute atomic E-state index is 0.0950. The predicted molar refractivity (Wildman–Crippen MR) is 74.5 cm³/mol. The Morgan fingerprint density at radius 3 is 2.39 bits per heavy atom. The molecule has 0 saturated heterocycles. The second-order valence-corrected chi connectivity index (χ2v) is 4.65. The van der Waals surface area contributed by atoms with Gasteiger partial charge in [-0.15, -0.1) is 0 Å². The molecular weight excluding hydrogens is 224 g/mol. The summed E-state index contributed by atoms with van der Waals surface area (Å²) in [5.74, 6) is 0. The van der Waals surface area contributed by atoms with E-state index in [1.807, 2.05) is 31.2 Å². The molecule has 0 saturated carbocycles. The van der Waals surface area contributed by atoms with Gasteiger partial charge in [-0.1, -0.05) is 38.0 Å². The fourth-order valence-corrected chi connectivity index (χ4v) is 2.19. The molecular formula is C15H20N2O. The smallest absolute Gasteiger partial charge is 0.274 e. The predicted octanol–water partition coefficient (Wildman–Crippen LogP) is 2.99. The summed E-state index contributed by atoms with van der Waals surface area (Å²) in [4.78, 5) is 12.4. The van der Waals surface area contributed by atoms with Crippen LogP contribution in [0.15, 0.2) is 29.1 Å². The van der Waals surface area contributed by atoms with Crippen LogP contribution in [-0.4, -0.2) is 9.78 Å². The van der Waals surface area contributed by atoms with Crippen molar-refractivity contribution >= 4 is 0 Å². The Labute approximate surface area is 107 Å². The molecule has 3 heteroatoms. The first kappa shape index (κ1) is 12.7. The fourth-order valence-electron chi connectivity index (χ4n) is 2.19. The Hall–Kier alpha value is -1.77. The number of nitrogens with one attached hydrogen (secondary N) is 1. The van der Waals surface area contributed by atoms with E-state index in [-0.39, 0.29) is 5.56 Å². The van der Waals surface area contributed by atoms with Crippen molar-refractivity contribution in [3.8, 4) is 5.69 Å². The minimum Gasteiger partial charge on any atom is -0.295 e. The quantitative estimate of drug-likeness (QED) is 0.882. The van der Waals surface area contributed by atoms with Crippen molar-refractivity contribution in [1.82, 2.24) is 9.78 Å². The SMILES string of the molecule is CCCc1c(CC)[nH]n(-c2ccc(C)cc2)c1=O. The number of aromatic nitrogens is 2. The van der Waals surface area contributed by atoms with Gasteiger partial charge in [-0.25, -0.2) is 4.68 Å². The van der Waals surface area contributed by atoms with Crippen LogP contribution < -0.4 is 5.56 Å². The molecule has 2 rings (SSSR count). The normalized spacial score (nSPS) is 10.8. The van der Waals surface area contributed by atoms with Crippen molar-refractivity contribution in [1.29, 1.82) is 0 Å². The molecule has 0 bridgehead atoms. The molecule has 1 heterocycles. The van der Waals surface area contributed by atoms with E-state index in [1.165, 1.54) is 5.56 Å². The third-order valence-corrected chi connectivity index (χ3v) is 3.22. The summed E-state index contributed by atoms with van der Waals surface area (Å²) in [6, 6.07) is 7.99. The molecule has 0 fully saturated rings. The molecule has 0 spiro atoms. The molecule has 0 amide bonds. The zero-order valence-corrected chi connectivity index (χ0v) is 11.3. The van der Waals surface area contributed by atoms with E-state index in [9.17, 15) is 4.79 Å². The standard InChI is InChI=1S/C15H20N2O/c1-4-6-13-14(5-2)16-17(15(13)18)12-9-7-11(3)8-10-12/h7-10,16H,4-6H2,1-3H3. The first-order valence-corrected chi connectivity index (χ1v) is 6.57. The van der Waals surface area contributed by atoms with Crippen LogP contribution in [0.1, 0.15) is 37.1 Å². The van der Waals surface area contributed by atoms with Crippen LogP contribution in [-0.2, 0) is 12.8 Å². The molecule has 0 radical (unpaired) electrons. The highest BCUT2D eigenvalue weighted by atomic mass is 16.1. The lowest BCUT2D eigenvalue weighted by atomic mass is 10.1. The highest BCUT2D eigenvalue weighted by molar-refractivity contribution is 5.35. The molecule has 1 aromatic heterocycles. The van der Waals surface area contributed by atoms with Crippen molar-refractivity contribution in [2.75, 3.05) is 0 Å². The maximum absolute atomic E-state index is 12.4. The van der Waals surface area contributed by atoms with Crippen LogP contribution in [0.2, 0.25) is 0 Å². The van der Waals surface area contributed by atoms with Crippen LogP contribution in [0.5, 0.6) is 0 Å². The van der Waals surface area contributed by atoms with Gasteiger partial charge in [0.15, 0.2) is 0 Å². The second kappa shape index (κ2) is 5.25. The van der Waals surface area contributed by atoms with E-state index >= 15 is 0 Å². The number of benzene rings is 1. The summed E-state index contributed by atoms with van der Waals surface area (Å²) in [5.41, 5.74) is 4.19. The first-order valence-electron chi connectivity index (χ1n) is 6.57. The highest BCUT2D eigenvalue weighted by Crippen LogP contribution is 2.11. The highest BCUT2D eigenvalue weighted by Gasteiger charge is 2.12. The van der Waals surface area contributed by atoms with Crippen molar-refractivity contribution in [2.24, 2.45) is 0 Å². The van der Waals surface area contributed by atoms with E-state index in [0.29, 0.717) is 0 Å². The molecule has 0 aliphatic carbocycles. The van der Waals surface area contributed by atoms with Crippen molar-refractivity contribution in [3.05, 3.63) is 51.4 Å². The molecule has 0 atom stereocenters.